The van der Waals surface area contributed by atoms with Gasteiger partial charge in [0.05, 0.1) is 6.54 Å². The molecule has 2 fully saturated rings. The van der Waals surface area contributed by atoms with Crippen molar-refractivity contribution >= 4 is 27.7 Å². The van der Waals surface area contributed by atoms with Gasteiger partial charge in [-0.25, -0.2) is 4.98 Å². The molecule has 0 unspecified atom stereocenters. The highest BCUT2D eigenvalue weighted by Gasteiger charge is 2.36. The Morgan fingerprint density at radius 3 is 2.79 bits per heavy atom. The van der Waals surface area contributed by atoms with Gasteiger partial charge in [0.15, 0.2) is 0 Å². The summed E-state index contributed by atoms with van der Waals surface area (Å²) in [7, 11) is 0. The van der Waals surface area contributed by atoms with Gasteiger partial charge in [-0.15, -0.1) is 0 Å². The van der Waals surface area contributed by atoms with Crippen LogP contribution in [-0.2, 0) is 4.79 Å². The number of pyridine rings is 1. The zero-order valence-corrected chi connectivity index (χ0v) is 12.2. The highest BCUT2D eigenvalue weighted by atomic mass is 79.9. The SMILES string of the molecule is O=C(CN1C[C@H]2CNC[C@H]2C1)Nc1ccc(Br)cn1. The maximum atomic E-state index is 12.0. The minimum atomic E-state index is 0.0164. The summed E-state index contributed by atoms with van der Waals surface area (Å²) in [5.74, 6) is 2.06. The van der Waals surface area contributed by atoms with Crippen LogP contribution in [0.5, 0.6) is 0 Å². The van der Waals surface area contributed by atoms with Crippen LogP contribution in [0, 0.1) is 11.8 Å². The van der Waals surface area contributed by atoms with Gasteiger partial charge in [0.1, 0.15) is 5.82 Å². The molecule has 0 aliphatic carbocycles. The first kappa shape index (κ1) is 13.0. The number of aromatic nitrogens is 1. The molecule has 2 atom stereocenters. The van der Waals surface area contributed by atoms with Crippen molar-refractivity contribution in [1.29, 1.82) is 0 Å². The van der Waals surface area contributed by atoms with E-state index in [1.807, 2.05) is 6.07 Å². The summed E-state index contributed by atoms with van der Waals surface area (Å²) >= 11 is 3.32. The smallest absolute Gasteiger partial charge is 0.239 e. The highest BCUT2D eigenvalue weighted by Crippen LogP contribution is 2.25. The summed E-state index contributed by atoms with van der Waals surface area (Å²) in [5, 5.41) is 6.24. The molecular weight excluding hydrogens is 308 g/mol. The first-order valence-corrected chi connectivity index (χ1v) is 7.34. The molecule has 6 heteroatoms. The fraction of sp³-hybridized carbons (Fsp3) is 0.538. The van der Waals surface area contributed by atoms with E-state index in [1.165, 1.54) is 0 Å². The molecule has 1 aromatic heterocycles. The van der Waals surface area contributed by atoms with Crippen LogP contribution in [0.25, 0.3) is 0 Å². The molecule has 2 N–H and O–H groups in total. The Morgan fingerprint density at radius 1 is 1.42 bits per heavy atom. The van der Waals surface area contributed by atoms with Crippen LogP contribution < -0.4 is 10.6 Å². The van der Waals surface area contributed by atoms with Gasteiger partial charge in [-0.2, -0.15) is 0 Å². The predicted octanol–water partition coefficient (Wildman–Crippen LogP) is 0.934. The second-order valence-electron chi connectivity index (χ2n) is 5.28. The van der Waals surface area contributed by atoms with Crippen LogP contribution >= 0.6 is 15.9 Å². The molecule has 0 saturated carbocycles. The van der Waals surface area contributed by atoms with Crippen LogP contribution in [0.15, 0.2) is 22.8 Å². The van der Waals surface area contributed by atoms with Crippen LogP contribution in [-0.4, -0.2) is 48.5 Å². The van der Waals surface area contributed by atoms with Gasteiger partial charge in [0.25, 0.3) is 0 Å². The lowest BCUT2D eigenvalue weighted by molar-refractivity contribution is -0.117. The van der Waals surface area contributed by atoms with Gasteiger partial charge in [0.2, 0.25) is 5.91 Å². The van der Waals surface area contributed by atoms with Crippen molar-refractivity contribution in [2.24, 2.45) is 11.8 Å². The molecule has 1 aromatic rings. The quantitative estimate of drug-likeness (QED) is 0.868. The van der Waals surface area contributed by atoms with E-state index < -0.39 is 0 Å². The number of carbonyl (C=O) groups is 1. The number of nitrogens with one attached hydrogen (secondary N) is 2. The molecule has 0 radical (unpaired) electrons. The number of rotatable bonds is 3. The Labute approximate surface area is 120 Å². The molecule has 2 aliphatic heterocycles. The summed E-state index contributed by atoms with van der Waals surface area (Å²) in [4.78, 5) is 18.3. The number of nitrogens with zero attached hydrogens (tertiary/aromatic N) is 2. The second-order valence-corrected chi connectivity index (χ2v) is 6.20. The standard InChI is InChI=1S/C13H17BrN4O/c14-11-1-2-12(16-5-11)17-13(19)8-18-6-9-3-15-4-10(9)7-18/h1-2,5,9-10,15H,3-4,6-8H2,(H,16,17,19)/t9-,10+. The molecule has 3 heterocycles. The van der Waals surface area contributed by atoms with Gasteiger partial charge < -0.3 is 10.6 Å². The number of likely N-dealkylation sites (tertiary alicyclic amines) is 1. The molecule has 102 valence electrons. The minimum Gasteiger partial charge on any atom is -0.316 e. The lowest BCUT2D eigenvalue weighted by atomic mass is 10.0. The average Bonchev–Trinajstić information content (AvgIpc) is 2.92. The third-order valence-electron chi connectivity index (χ3n) is 3.83. The Balaban J connectivity index is 1.50. The third-order valence-corrected chi connectivity index (χ3v) is 4.30. The monoisotopic (exact) mass is 324 g/mol. The lowest BCUT2D eigenvalue weighted by Crippen LogP contribution is -2.33. The van der Waals surface area contributed by atoms with Gasteiger partial charge >= 0.3 is 0 Å². The van der Waals surface area contributed by atoms with E-state index in [0.717, 1.165) is 42.5 Å². The fourth-order valence-electron chi connectivity index (χ4n) is 2.92. The Morgan fingerprint density at radius 2 is 2.16 bits per heavy atom. The molecule has 3 rings (SSSR count). The van der Waals surface area contributed by atoms with Crippen LogP contribution in [0.1, 0.15) is 0 Å². The van der Waals surface area contributed by atoms with E-state index in [4.69, 9.17) is 0 Å². The van der Waals surface area contributed by atoms with E-state index >= 15 is 0 Å². The first-order chi connectivity index (χ1) is 9.20. The molecule has 2 aliphatic rings. The molecule has 19 heavy (non-hydrogen) atoms. The van der Waals surface area contributed by atoms with E-state index in [-0.39, 0.29) is 5.91 Å². The molecule has 0 spiro atoms. The number of carbonyl (C=O) groups excluding carboxylic acids is 1. The molecule has 1 amide bonds. The van der Waals surface area contributed by atoms with Gasteiger partial charge in [-0.3, -0.25) is 9.69 Å². The number of hydrogen-bond acceptors (Lipinski definition) is 4. The largest absolute Gasteiger partial charge is 0.316 e. The minimum absolute atomic E-state index is 0.0164. The van der Waals surface area contributed by atoms with Crippen molar-refractivity contribution in [1.82, 2.24) is 15.2 Å². The Kier molecular flexibility index (Phi) is 3.81. The first-order valence-electron chi connectivity index (χ1n) is 6.55. The van der Waals surface area contributed by atoms with Gasteiger partial charge in [-0.05, 0) is 53.0 Å². The van der Waals surface area contributed by atoms with Crippen molar-refractivity contribution in [3.63, 3.8) is 0 Å². The summed E-state index contributed by atoms with van der Waals surface area (Å²) in [6.45, 7) is 4.70. The maximum Gasteiger partial charge on any atom is 0.239 e. The number of fused-ring (bicyclic) bond motifs is 1. The Hall–Kier alpha value is -0.980. The summed E-state index contributed by atoms with van der Waals surface area (Å²) in [6.07, 6.45) is 1.68. The molecule has 0 bridgehead atoms. The lowest BCUT2D eigenvalue weighted by Gasteiger charge is -2.16. The van der Waals surface area contributed by atoms with Crippen LogP contribution in [0.4, 0.5) is 5.82 Å². The van der Waals surface area contributed by atoms with Crippen molar-refractivity contribution in [2.75, 3.05) is 38.0 Å². The highest BCUT2D eigenvalue weighted by molar-refractivity contribution is 9.10. The molecule has 0 aromatic carbocycles. The average molecular weight is 325 g/mol. The van der Waals surface area contributed by atoms with E-state index in [2.05, 4.69) is 36.4 Å². The van der Waals surface area contributed by atoms with Gasteiger partial charge in [-0.1, -0.05) is 0 Å². The summed E-state index contributed by atoms with van der Waals surface area (Å²) in [5.41, 5.74) is 0. The third kappa shape index (κ3) is 3.13. The predicted molar refractivity (Wildman–Crippen MR) is 76.9 cm³/mol. The number of halogens is 1. The number of amides is 1. The van der Waals surface area contributed by atoms with Crippen molar-refractivity contribution < 1.29 is 4.79 Å². The van der Waals surface area contributed by atoms with Crippen molar-refractivity contribution in [2.45, 2.75) is 0 Å². The molecule has 5 nitrogen and oxygen atoms in total. The fourth-order valence-corrected chi connectivity index (χ4v) is 3.15. The van der Waals surface area contributed by atoms with E-state index in [1.54, 1.807) is 12.3 Å². The Bertz CT molecular complexity index is 452. The van der Waals surface area contributed by atoms with Crippen molar-refractivity contribution in [3.8, 4) is 0 Å². The second kappa shape index (κ2) is 5.56. The van der Waals surface area contributed by atoms with Crippen molar-refractivity contribution in [3.05, 3.63) is 22.8 Å². The topological polar surface area (TPSA) is 57.3 Å². The van der Waals surface area contributed by atoms with Crippen LogP contribution in [0.2, 0.25) is 0 Å². The normalized spacial score (nSPS) is 26.4. The van der Waals surface area contributed by atoms with Gasteiger partial charge in [0, 0.05) is 23.8 Å². The van der Waals surface area contributed by atoms with E-state index in [0.29, 0.717) is 12.4 Å². The number of hydrogen-bond donors (Lipinski definition) is 2. The number of anilines is 1. The summed E-state index contributed by atoms with van der Waals surface area (Å²) in [6, 6.07) is 3.67. The van der Waals surface area contributed by atoms with E-state index in [9.17, 15) is 4.79 Å². The summed E-state index contributed by atoms with van der Waals surface area (Å²) < 4.78 is 0.908. The zero-order valence-electron chi connectivity index (χ0n) is 10.6. The van der Waals surface area contributed by atoms with Crippen LogP contribution in [0.3, 0.4) is 0 Å². The molecular formula is C13H17BrN4O. The zero-order chi connectivity index (χ0) is 13.2. The molecule has 2 saturated heterocycles. The maximum absolute atomic E-state index is 12.0.